The molecule has 0 saturated carbocycles. The van der Waals surface area contributed by atoms with Gasteiger partial charge in [0, 0.05) is 0 Å². The van der Waals surface area contributed by atoms with Crippen LogP contribution < -0.4 is 0 Å². The number of ether oxygens (including phenoxy) is 1. The average molecular weight is 304 g/mol. The van der Waals surface area contributed by atoms with Crippen molar-refractivity contribution in [2.24, 2.45) is 0 Å². The van der Waals surface area contributed by atoms with Crippen molar-refractivity contribution in [2.45, 2.75) is 24.6 Å². The summed E-state index contributed by atoms with van der Waals surface area (Å²) in [5.74, 6) is -0.749. The van der Waals surface area contributed by atoms with Crippen LogP contribution >= 0.6 is 46.4 Å². The summed E-state index contributed by atoms with van der Waals surface area (Å²) >= 11 is 21.5. The van der Waals surface area contributed by atoms with E-state index in [1.54, 1.807) is 0 Å². The molecule has 0 aromatic rings. The normalized spacial score (nSPS) is 19.6. The van der Waals surface area contributed by atoms with Gasteiger partial charge in [-0.25, -0.2) is 8.78 Å². The van der Waals surface area contributed by atoms with Gasteiger partial charge in [0.05, 0.1) is 23.5 Å². The van der Waals surface area contributed by atoms with Gasteiger partial charge in [-0.2, -0.15) is 0 Å². The summed E-state index contributed by atoms with van der Waals surface area (Å²) in [6.07, 6.45) is -4.82. The van der Waals surface area contributed by atoms with Gasteiger partial charge in [-0.05, 0) is 0 Å². The zero-order valence-electron chi connectivity index (χ0n) is 7.81. The Morgan fingerprint density at radius 1 is 0.733 bits per heavy atom. The van der Waals surface area contributed by atoms with E-state index < -0.39 is 24.6 Å². The highest BCUT2D eigenvalue weighted by Crippen LogP contribution is 2.16. The smallest absolute Gasteiger partial charge is 0.141 e. The van der Waals surface area contributed by atoms with Crippen LogP contribution in [-0.2, 0) is 4.74 Å². The maximum atomic E-state index is 13.1. The van der Waals surface area contributed by atoms with Gasteiger partial charge >= 0.3 is 0 Å². The molecule has 0 aliphatic rings. The Balaban J connectivity index is 4.23. The Hall–Kier alpha value is 0.980. The molecule has 0 heterocycles. The minimum absolute atomic E-state index is 0.115. The molecule has 0 spiro atoms. The summed E-state index contributed by atoms with van der Waals surface area (Å²) in [5, 5.41) is 0. The van der Waals surface area contributed by atoms with E-state index in [4.69, 9.17) is 51.1 Å². The van der Waals surface area contributed by atoms with Crippen LogP contribution in [0.25, 0.3) is 0 Å². The van der Waals surface area contributed by atoms with Crippen molar-refractivity contribution >= 4 is 46.4 Å². The lowest BCUT2D eigenvalue weighted by Crippen LogP contribution is -2.38. The molecule has 4 unspecified atom stereocenters. The van der Waals surface area contributed by atoms with Gasteiger partial charge in [-0.15, -0.1) is 46.4 Å². The van der Waals surface area contributed by atoms with Crippen molar-refractivity contribution in [1.29, 1.82) is 0 Å². The van der Waals surface area contributed by atoms with E-state index in [1.807, 2.05) is 0 Å². The highest BCUT2D eigenvalue weighted by molar-refractivity contribution is 6.20. The summed E-state index contributed by atoms with van der Waals surface area (Å²) in [4.78, 5) is 0. The predicted molar refractivity (Wildman–Crippen MR) is 61.3 cm³/mol. The van der Waals surface area contributed by atoms with Crippen molar-refractivity contribution in [1.82, 2.24) is 0 Å². The number of halogens is 6. The second kappa shape index (κ2) is 9.06. The van der Waals surface area contributed by atoms with Crippen LogP contribution in [0.4, 0.5) is 8.78 Å². The standard InChI is InChI=1S/C8H12Cl4F2O/c9-1-5(13)7(3-11)15-8(4-12)6(14)2-10/h5-8H,1-4H2. The van der Waals surface area contributed by atoms with Crippen LogP contribution in [0, 0.1) is 0 Å². The van der Waals surface area contributed by atoms with E-state index in [-0.39, 0.29) is 23.5 Å². The average Bonchev–Trinajstić information content (AvgIpc) is 2.28. The van der Waals surface area contributed by atoms with Crippen LogP contribution in [0.1, 0.15) is 0 Å². The lowest BCUT2D eigenvalue weighted by atomic mass is 10.2. The van der Waals surface area contributed by atoms with Crippen molar-refractivity contribution in [3.8, 4) is 0 Å². The fourth-order valence-electron chi connectivity index (χ4n) is 0.860. The monoisotopic (exact) mass is 302 g/mol. The van der Waals surface area contributed by atoms with Gasteiger partial charge in [0.25, 0.3) is 0 Å². The summed E-state index contributed by atoms with van der Waals surface area (Å²) in [7, 11) is 0. The fraction of sp³-hybridized carbons (Fsp3) is 1.00. The predicted octanol–water partition coefficient (Wildman–Crippen LogP) is 3.37. The first kappa shape index (κ1) is 16.0. The molecule has 7 heteroatoms. The molecule has 0 aromatic heterocycles. The molecule has 1 nitrogen and oxygen atoms in total. The number of rotatable bonds is 8. The Bertz CT molecular complexity index is 148. The number of hydrogen-bond donors (Lipinski definition) is 0. The fourth-order valence-corrected chi connectivity index (χ4v) is 1.79. The van der Waals surface area contributed by atoms with Crippen molar-refractivity contribution in [3.05, 3.63) is 0 Å². The molecule has 0 amide bonds. The van der Waals surface area contributed by atoms with Gasteiger partial charge in [-0.3, -0.25) is 0 Å². The Kier molecular flexibility index (Phi) is 9.65. The van der Waals surface area contributed by atoms with E-state index in [9.17, 15) is 8.78 Å². The maximum absolute atomic E-state index is 13.1. The Morgan fingerprint density at radius 3 is 1.27 bits per heavy atom. The van der Waals surface area contributed by atoms with Crippen LogP contribution in [0.3, 0.4) is 0 Å². The lowest BCUT2D eigenvalue weighted by Gasteiger charge is -2.25. The summed E-state index contributed by atoms with van der Waals surface area (Å²) in [6, 6.07) is 0. The van der Waals surface area contributed by atoms with Gasteiger partial charge in [-0.1, -0.05) is 0 Å². The SMILES string of the molecule is FC(CCl)C(CCl)OC(CCl)C(F)CCl. The van der Waals surface area contributed by atoms with E-state index in [2.05, 4.69) is 0 Å². The zero-order chi connectivity index (χ0) is 11.8. The summed E-state index contributed by atoms with van der Waals surface area (Å²) in [5.41, 5.74) is 0. The third kappa shape index (κ3) is 5.73. The summed E-state index contributed by atoms with van der Waals surface area (Å²) in [6.45, 7) is 0. The molecule has 0 aliphatic heterocycles. The third-order valence-corrected chi connectivity index (χ3v) is 2.95. The van der Waals surface area contributed by atoms with E-state index in [1.165, 1.54) is 0 Å². The van der Waals surface area contributed by atoms with Crippen LogP contribution in [0.2, 0.25) is 0 Å². The molecule has 0 rings (SSSR count). The quantitative estimate of drug-likeness (QED) is 0.625. The minimum atomic E-state index is -1.45. The number of alkyl halides is 6. The first-order valence-electron chi connectivity index (χ1n) is 4.28. The third-order valence-electron chi connectivity index (χ3n) is 1.76. The molecule has 4 atom stereocenters. The maximum Gasteiger partial charge on any atom is 0.141 e. The molecule has 0 N–H and O–H groups in total. The molecule has 0 aliphatic carbocycles. The van der Waals surface area contributed by atoms with Crippen molar-refractivity contribution in [3.63, 3.8) is 0 Å². The Labute approximate surface area is 108 Å². The van der Waals surface area contributed by atoms with Crippen LogP contribution in [0.5, 0.6) is 0 Å². The number of hydrogen-bond acceptors (Lipinski definition) is 1. The molecular weight excluding hydrogens is 292 g/mol. The Morgan fingerprint density at radius 2 is 1.07 bits per heavy atom. The van der Waals surface area contributed by atoms with Gasteiger partial charge in [0.2, 0.25) is 0 Å². The summed E-state index contributed by atoms with van der Waals surface area (Å²) < 4.78 is 31.3. The van der Waals surface area contributed by atoms with Gasteiger partial charge in [0.1, 0.15) is 24.6 Å². The van der Waals surface area contributed by atoms with E-state index in [0.29, 0.717) is 0 Å². The largest absolute Gasteiger partial charge is 0.366 e. The van der Waals surface area contributed by atoms with Crippen molar-refractivity contribution < 1.29 is 13.5 Å². The van der Waals surface area contributed by atoms with Gasteiger partial charge < -0.3 is 4.74 Å². The molecule has 15 heavy (non-hydrogen) atoms. The molecule has 0 fully saturated rings. The first-order chi connectivity index (χ1) is 7.10. The van der Waals surface area contributed by atoms with E-state index >= 15 is 0 Å². The molecular formula is C8H12Cl4F2O. The van der Waals surface area contributed by atoms with Crippen molar-refractivity contribution in [2.75, 3.05) is 23.5 Å². The molecule has 0 bridgehead atoms. The topological polar surface area (TPSA) is 9.23 Å². The molecule has 0 saturated heterocycles. The molecule has 0 aromatic carbocycles. The van der Waals surface area contributed by atoms with Gasteiger partial charge in [0.15, 0.2) is 0 Å². The van der Waals surface area contributed by atoms with Crippen LogP contribution in [0.15, 0.2) is 0 Å². The van der Waals surface area contributed by atoms with Crippen LogP contribution in [-0.4, -0.2) is 48.1 Å². The zero-order valence-corrected chi connectivity index (χ0v) is 10.8. The highest BCUT2D eigenvalue weighted by atomic mass is 35.5. The minimum Gasteiger partial charge on any atom is -0.366 e. The second-order valence-corrected chi connectivity index (χ2v) is 4.10. The molecule has 92 valence electrons. The first-order valence-corrected chi connectivity index (χ1v) is 6.41. The highest BCUT2D eigenvalue weighted by Gasteiger charge is 2.28. The second-order valence-electron chi connectivity index (χ2n) is 2.86. The molecule has 0 radical (unpaired) electrons. The van der Waals surface area contributed by atoms with E-state index in [0.717, 1.165) is 0 Å². The lowest BCUT2D eigenvalue weighted by molar-refractivity contribution is -0.0523.